The van der Waals surface area contributed by atoms with E-state index in [1.165, 1.54) is 12.3 Å². The van der Waals surface area contributed by atoms with E-state index >= 15 is 0 Å². The Morgan fingerprint density at radius 2 is 2.38 bits per heavy atom. The van der Waals surface area contributed by atoms with Crippen LogP contribution in [0.15, 0.2) is 12.3 Å². The molecule has 0 spiro atoms. The van der Waals surface area contributed by atoms with E-state index in [1.54, 1.807) is 6.92 Å². The number of H-pyrrole nitrogens is 1. The quantitative estimate of drug-likeness (QED) is 0.645. The first-order chi connectivity index (χ1) is 7.54. The van der Waals surface area contributed by atoms with E-state index < -0.39 is 5.97 Å². The summed E-state index contributed by atoms with van der Waals surface area (Å²) in [5.74, 6) is -0.248. The smallest absolute Gasteiger partial charge is 0.356 e. The zero-order valence-corrected chi connectivity index (χ0v) is 9.89. The van der Waals surface area contributed by atoms with Gasteiger partial charge in [-0.3, -0.25) is 5.41 Å². The Hall–Kier alpha value is -1.33. The molecule has 1 rings (SSSR count). The molecular formula is C9H9Cl2N3O2. The highest BCUT2D eigenvalue weighted by atomic mass is 35.5. The van der Waals surface area contributed by atoms with Gasteiger partial charge in [-0.1, -0.05) is 23.2 Å². The highest BCUT2D eigenvalue weighted by Crippen LogP contribution is 2.16. The number of aromatic amines is 1. The molecule has 0 aliphatic rings. The standard InChI is InChI=1S/C9H9Cl2N3O2/c1-2-16-9(15)6-4-13-8(14-6)5(10)3-7(11)12/h3-4,12H,2H2,1H3,(H,13,14)/b5-3+,12-7?. The van der Waals surface area contributed by atoms with Crippen molar-refractivity contribution < 1.29 is 9.53 Å². The summed E-state index contributed by atoms with van der Waals surface area (Å²) in [7, 11) is 0. The zero-order valence-electron chi connectivity index (χ0n) is 8.38. The van der Waals surface area contributed by atoms with Crippen molar-refractivity contribution in [2.24, 2.45) is 0 Å². The van der Waals surface area contributed by atoms with Crippen LogP contribution in [0.5, 0.6) is 0 Å². The molecule has 0 fully saturated rings. The minimum absolute atomic E-state index is 0.149. The number of nitrogens with zero attached hydrogens (tertiary/aromatic N) is 1. The molecule has 1 aromatic heterocycles. The fraction of sp³-hybridized carbons (Fsp3) is 0.222. The predicted molar refractivity (Wildman–Crippen MR) is 62.0 cm³/mol. The molecule has 0 aliphatic carbocycles. The van der Waals surface area contributed by atoms with Crippen LogP contribution in [0, 0.1) is 5.41 Å². The number of nitrogens with one attached hydrogen (secondary N) is 2. The fourth-order valence-electron chi connectivity index (χ4n) is 0.935. The molecule has 0 unspecified atom stereocenters. The highest BCUT2D eigenvalue weighted by molar-refractivity contribution is 6.69. The van der Waals surface area contributed by atoms with Crippen molar-refractivity contribution in [3.05, 3.63) is 23.8 Å². The lowest BCUT2D eigenvalue weighted by Crippen LogP contribution is -2.04. The van der Waals surface area contributed by atoms with Crippen LogP contribution in [0.2, 0.25) is 0 Å². The molecule has 5 nitrogen and oxygen atoms in total. The lowest BCUT2D eigenvalue weighted by Gasteiger charge is -1.97. The summed E-state index contributed by atoms with van der Waals surface area (Å²) in [6, 6.07) is 0. The monoisotopic (exact) mass is 261 g/mol. The molecular weight excluding hydrogens is 253 g/mol. The summed E-state index contributed by atoms with van der Waals surface area (Å²) < 4.78 is 4.76. The van der Waals surface area contributed by atoms with Crippen molar-refractivity contribution in [2.45, 2.75) is 6.92 Å². The minimum Gasteiger partial charge on any atom is -0.461 e. The SMILES string of the molecule is CCOC(=O)c1cnc(/C(Cl)=C\C(=N)Cl)[nH]1. The third-order valence-electron chi connectivity index (χ3n) is 1.55. The van der Waals surface area contributed by atoms with Crippen LogP contribution in [-0.2, 0) is 4.74 Å². The minimum atomic E-state index is -0.508. The maximum atomic E-state index is 11.3. The Balaban J connectivity index is 2.87. The zero-order chi connectivity index (χ0) is 12.1. The second-order valence-corrected chi connectivity index (χ2v) is 3.52. The Kier molecular flexibility index (Phi) is 4.52. The van der Waals surface area contributed by atoms with Crippen molar-refractivity contribution in [1.82, 2.24) is 9.97 Å². The van der Waals surface area contributed by atoms with Gasteiger partial charge in [-0.15, -0.1) is 0 Å². The van der Waals surface area contributed by atoms with Gasteiger partial charge in [-0.25, -0.2) is 9.78 Å². The maximum Gasteiger partial charge on any atom is 0.356 e. The molecule has 0 saturated carbocycles. The van der Waals surface area contributed by atoms with E-state index in [2.05, 4.69) is 9.97 Å². The number of rotatable bonds is 4. The molecule has 2 N–H and O–H groups in total. The van der Waals surface area contributed by atoms with Crippen LogP contribution in [0.3, 0.4) is 0 Å². The summed E-state index contributed by atoms with van der Waals surface area (Å²) in [5, 5.41) is 6.93. The molecule has 0 bridgehead atoms. The largest absolute Gasteiger partial charge is 0.461 e. The molecule has 16 heavy (non-hydrogen) atoms. The topological polar surface area (TPSA) is 78.8 Å². The van der Waals surface area contributed by atoms with Crippen LogP contribution in [0.4, 0.5) is 0 Å². The second kappa shape index (κ2) is 5.67. The summed E-state index contributed by atoms with van der Waals surface area (Å²) in [4.78, 5) is 17.8. The van der Waals surface area contributed by atoms with Gasteiger partial charge in [-0.05, 0) is 13.0 Å². The Morgan fingerprint density at radius 3 is 2.94 bits per heavy atom. The fourth-order valence-corrected chi connectivity index (χ4v) is 1.30. The molecule has 0 atom stereocenters. The summed E-state index contributed by atoms with van der Waals surface area (Å²) in [6.45, 7) is 1.99. The number of imidazole rings is 1. The molecule has 0 saturated heterocycles. The van der Waals surface area contributed by atoms with Crippen LogP contribution in [-0.4, -0.2) is 27.7 Å². The third kappa shape index (κ3) is 3.36. The third-order valence-corrected chi connectivity index (χ3v) is 1.95. The first kappa shape index (κ1) is 12.7. The van der Waals surface area contributed by atoms with E-state index in [-0.39, 0.29) is 28.3 Å². The molecule has 86 valence electrons. The lowest BCUT2D eigenvalue weighted by molar-refractivity contribution is 0.0520. The number of esters is 1. The number of aromatic nitrogens is 2. The van der Waals surface area contributed by atoms with Gasteiger partial charge >= 0.3 is 5.97 Å². The lowest BCUT2D eigenvalue weighted by atomic mass is 10.5. The Bertz CT molecular complexity index is 440. The number of hydrogen-bond donors (Lipinski definition) is 2. The van der Waals surface area contributed by atoms with E-state index in [0.29, 0.717) is 0 Å². The van der Waals surface area contributed by atoms with Crippen LogP contribution in [0.25, 0.3) is 5.03 Å². The van der Waals surface area contributed by atoms with Gasteiger partial charge in [0.25, 0.3) is 0 Å². The van der Waals surface area contributed by atoms with Gasteiger partial charge in [0.05, 0.1) is 17.8 Å². The van der Waals surface area contributed by atoms with Crippen molar-refractivity contribution in [3.63, 3.8) is 0 Å². The molecule has 0 aromatic carbocycles. The number of allylic oxidation sites excluding steroid dienone is 1. The Morgan fingerprint density at radius 1 is 1.69 bits per heavy atom. The molecule has 1 aromatic rings. The maximum absolute atomic E-state index is 11.3. The van der Waals surface area contributed by atoms with Crippen LogP contribution >= 0.6 is 23.2 Å². The van der Waals surface area contributed by atoms with Gasteiger partial charge in [0.15, 0.2) is 0 Å². The van der Waals surface area contributed by atoms with Crippen LogP contribution < -0.4 is 0 Å². The van der Waals surface area contributed by atoms with Crippen molar-refractivity contribution in [2.75, 3.05) is 6.61 Å². The van der Waals surface area contributed by atoms with E-state index in [4.69, 9.17) is 33.3 Å². The van der Waals surface area contributed by atoms with Crippen LogP contribution in [0.1, 0.15) is 23.2 Å². The van der Waals surface area contributed by atoms with Crippen molar-refractivity contribution in [3.8, 4) is 0 Å². The highest BCUT2D eigenvalue weighted by Gasteiger charge is 2.11. The molecule has 7 heteroatoms. The molecule has 1 heterocycles. The second-order valence-electron chi connectivity index (χ2n) is 2.71. The van der Waals surface area contributed by atoms with Gasteiger partial charge in [0, 0.05) is 0 Å². The molecule has 0 radical (unpaired) electrons. The first-order valence-electron chi connectivity index (χ1n) is 4.38. The van der Waals surface area contributed by atoms with Gasteiger partial charge in [-0.2, -0.15) is 0 Å². The average molecular weight is 262 g/mol. The normalized spacial score (nSPS) is 11.3. The number of carbonyl (C=O) groups excluding carboxylic acids is 1. The Labute approximate surface area is 102 Å². The van der Waals surface area contributed by atoms with Gasteiger partial charge in [0.1, 0.15) is 16.7 Å². The number of hydrogen-bond acceptors (Lipinski definition) is 4. The van der Waals surface area contributed by atoms with E-state index in [1.807, 2.05) is 0 Å². The summed E-state index contributed by atoms with van der Waals surface area (Å²) >= 11 is 11.1. The van der Waals surface area contributed by atoms with Crippen molar-refractivity contribution in [1.29, 1.82) is 5.41 Å². The average Bonchev–Trinajstić information content (AvgIpc) is 2.65. The number of ether oxygens (including phenoxy) is 1. The van der Waals surface area contributed by atoms with E-state index in [0.717, 1.165) is 0 Å². The predicted octanol–water partition coefficient (Wildman–Crippen LogP) is 2.38. The van der Waals surface area contributed by atoms with Gasteiger partial charge < -0.3 is 9.72 Å². The van der Waals surface area contributed by atoms with Crippen molar-refractivity contribution >= 4 is 39.4 Å². The van der Waals surface area contributed by atoms with Gasteiger partial charge in [0.2, 0.25) is 0 Å². The molecule has 0 amide bonds. The summed E-state index contributed by atoms with van der Waals surface area (Å²) in [6.07, 6.45) is 2.51. The molecule has 0 aliphatic heterocycles. The van der Waals surface area contributed by atoms with E-state index in [9.17, 15) is 4.79 Å². The summed E-state index contributed by atoms with van der Waals surface area (Å²) in [5.41, 5.74) is 0.199. The first-order valence-corrected chi connectivity index (χ1v) is 5.14. The number of carbonyl (C=O) groups is 1. The number of halogens is 2.